The Morgan fingerprint density at radius 2 is 2.56 bits per heavy atom. The van der Waals surface area contributed by atoms with Gasteiger partial charge in [0.05, 0.1) is 5.71 Å². The van der Waals surface area contributed by atoms with Crippen molar-refractivity contribution in [2.75, 3.05) is 6.61 Å². The first-order valence-electron chi connectivity index (χ1n) is 3.61. The topological polar surface area (TPSA) is 21.6 Å². The summed E-state index contributed by atoms with van der Waals surface area (Å²) in [5, 5.41) is 3.89. The third-order valence-corrected chi connectivity index (χ3v) is 1.49. The van der Waals surface area contributed by atoms with Gasteiger partial charge in [0, 0.05) is 6.42 Å². The van der Waals surface area contributed by atoms with E-state index in [2.05, 4.69) is 12.1 Å². The molecular formula is C7H13NO. The van der Waals surface area contributed by atoms with Crippen molar-refractivity contribution in [3.8, 4) is 0 Å². The fourth-order valence-electron chi connectivity index (χ4n) is 0.898. The maximum Gasteiger partial charge on any atom is 0.122 e. The lowest BCUT2D eigenvalue weighted by Crippen LogP contribution is -1.92. The number of nitrogens with zero attached hydrogens (tertiary/aromatic N) is 1. The van der Waals surface area contributed by atoms with Gasteiger partial charge in [0.15, 0.2) is 0 Å². The van der Waals surface area contributed by atoms with Gasteiger partial charge in [-0.05, 0) is 12.8 Å². The lowest BCUT2D eigenvalue weighted by atomic mass is 10.1. The number of oxime groups is 1. The van der Waals surface area contributed by atoms with E-state index in [1.165, 1.54) is 18.6 Å². The first kappa shape index (κ1) is 6.59. The molecule has 0 spiro atoms. The summed E-state index contributed by atoms with van der Waals surface area (Å²) in [6.07, 6.45) is 4.69. The number of rotatable bonds is 3. The summed E-state index contributed by atoms with van der Waals surface area (Å²) in [5.41, 5.74) is 1.25. The Balaban J connectivity index is 2.11. The van der Waals surface area contributed by atoms with Crippen LogP contribution in [0, 0.1) is 0 Å². The smallest absolute Gasteiger partial charge is 0.122 e. The van der Waals surface area contributed by atoms with Gasteiger partial charge >= 0.3 is 0 Å². The van der Waals surface area contributed by atoms with Crippen molar-refractivity contribution in [1.29, 1.82) is 0 Å². The van der Waals surface area contributed by atoms with Gasteiger partial charge in [0.2, 0.25) is 0 Å². The summed E-state index contributed by atoms with van der Waals surface area (Å²) in [4.78, 5) is 4.84. The summed E-state index contributed by atoms with van der Waals surface area (Å²) in [6.45, 7) is 3.00. The second-order valence-corrected chi connectivity index (χ2v) is 2.34. The lowest BCUT2D eigenvalue weighted by Gasteiger charge is -1.91. The van der Waals surface area contributed by atoms with E-state index in [0.717, 1.165) is 19.4 Å². The van der Waals surface area contributed by atoms with Gasteiger partial charge in [-0.1, -0.05) is 18.5 Å². The molecule has 1 rings (SSSR count). The van der Waals surface area contributed by atoms with Crippen LogP contribution in [0.4, 0.5) is 0 Å². The molecule has 0 radical (unpaired) electrons. The van der Waals surface area contributed by atoms with E-state index in [-0.39, 0.29) is 0 Å². The molecule has 0 aliphatic carbocycles. The molecule has 0 saturated heterocycles. The molecule has 0 saturated carbocycles. The van der Waals surface area contributed by atoms with E-state index in [0.29, 0.717) is 0 Å². The normalized spacial score (nSPS) is 17.2. The highest BCUT2D eigenvalue weighted by molar-refractivity contribution is 5.84. The minimum Gasteiger partial charge on any atom is -0.395 e. The first-order valence-corrected chi connectivity index (χ1v) is 3.61. The molecule has 0 bridgehead atoms. The van der Waals surface area contributed by atoms with E-state index in [4.69, 9.17) is 4.84 Å². The quantitative estimate of drug-likeness (QED) is 0.567. The highest BCUT2D eigenvalue weighted by Gasteiger charge is 2.05. The van der Waals surface area contributed by atoms with E-state index in [9.17, 15) is 0 Å². The predicted octanol–water partition coefficient (Wildman–Crippen LogP) is 1.95. The number of hydrogen-bond acceptors (Lipinski definition) is 2. The van der Waals surface area contributed by atoms with Gasteiger partial charge in [0.25, 0.3) is 0 Å². The second-order valence-electron chi connectivity index (χ2n) is 2.34. The van der Waals surface area contributed by atoms with Crippen molar-refractivity contribution in [3.05, 3.63) is 0 Å². The molecule has 0 aromatic heterocycles. The van der Waals surface area contributed by atoms with Crippen LogP contribution in [0.5, 0.6) is 0 Å². The van der Waals surface area contributed by atoms with Crippen LogP contribution in [0.25, 0.3) is 0 Å². The third kappa shape index (κ3) is 2.04. The summed E-state index contributed by atoms with van der Waals surface area (Å²) in [7, 11) is 0. The summed E-state index contributed by atoms with van der Waals surface area (Å²) < 4.78 is 0. The van der Waals surface area contributed by atoms with Crippen molar-refractivity contribution in [2.45, 2.75) is 32.6 Å². The van der Waals surface area contributed by atoms with Crippen LogP contribution >= 0.6 is 0 Å². The molecule has 52 valence electrons. The van der Waals surface area contributed by atoms with E-state index >= 15 is 0 Å². The zero-order valence-corrected chi connectivity index (χ0v) is 5.89. The standard InChI is InChI=1S/C7H13NO/c1-2-3-4-7-5-6-9-8-7/h2-6H2,1H3. The zero-order chi connectivity index (χ0) is 6.53. The van der Waals surface area contributed by atoms with Crippen LogP contribution in [0.15, 0.2) is 5.16 Å². The predicted molar refractivity (Wildman–Crippen MR) is 37.5 cm³/mol. The molecule has 1 aliphatic rings. The van der Waals surface area contributed by atoms with Gasteiger partial charge in [-0.25, -0.2) is 0 Å². The molecule has 0 N–H and O–H groups in total. The first-order chi connectivity index (χ1) is 4.43. The Kier molecular flexibility index (Phi) is 2.55. The van der Waals surface area contributed by atoms with Crippen molar-refractivity contribution < 1.29 is 4.84 Å². The minimum absolute atomic E-state index is 0.805. The molecule has 1 aliphatic heterocycles. The highest BCUT2D eigenvalue weighted by Crippen LogP contribution is 2.06. The fourth-order valence-corrected chi connectivity index (χ4v) is 0.898. The second kappa shape index (κ2) is 3.49. The Bertz CT molecular complexity index is 109. The van der Waals surface area contributed by atoms with Crippen molar-refractivity contribution in [1.82, 2.24) is 0 Å². The molecule has 1 heterocycles. The van der Waals surface area contributed by atoms with Gasteiger partial charge in [0.1, 0.15) is 6.61 Å². The molecule has 2 nitrogen and oxygen atoms in total. The SMILES string of the molecule is CCCCC1=NOCC1. The summed E-state index contributed by atoms with van der Waals surface area (Å²) in [6, 6.07) is 0. The van der Waals surface area contributed by atoms with Crippen LogP contribution in [0.2, 0.25) is 0 Å². The molecule has 9 heavy (non-hydrogen) atoms. The van der Waals surface area contributed by atoms with Gasteiger partial charge in [-0.2, -0.15) is 0 Å². The monoisotopic (exact) mass is 127 g/mol. The van der Waals surface area contributed by atoms with E-state index in [1.54, 1.807) is 0 Å². The van der Waals surface area contributed by atoms with Crippen molar-refractivity contribution in [2.24, 2.45) is 5.16 Å². The molecule has 0 aromatic carbocycles. The fraction of sp³-hybridized carbons (Fsp3) is 0.857. The Hall–Kier alpha value is -0.530. The van der Waals surface area contributed by atoms with Crippen LogP contribution < -0.4 is 0 Å². The molecule has 0 fully saturated rings. The minimum atomic E-state index is 0.805. The van der Waals surface area contributed by atoms with Gasteiger partial charge < -0.3 is 4.84 Å². The van der Waals surface area contributed by atoms with Gasteiger partial charge in [-0.3, -0.25) is 0 Å². The van der Waals surface area contributed by atoms with Gasteiger partial charge in [-0.15, -0.1) is 0 Å². The maximum absolute atomic E-state index is 4.84. The lowest BCUT2D eigenvalue weighted by molar-refractivity contribution is 0.173. The number of hydrogen-bond donors (Lipinski definition) is 0. The molecule has 0 atom stereocenters. The maximum atomic E-state index is 4.84. The van der Waals surface area contributed by atoms with Crippen molar-refractivity contribution >= 4 is 5.71 Å². The van der Waals surface area contributed by atoms with Crippen LogP contribution in [-0.4, -0.2) is 12.3 Å². The van der Waals surface area contributed by atoms with E-state index in [1.807, 2.05) is 0 Å². The van der Waals surface area contributed by atoms with Crippen LogP contribution in [0.3, 0.4) is 0 Å². The molecular weight excluding hydrogens is 114 g/mol. The summed E-state index contributed by atoms with van der Waals surface area (Å²) >= 11 is 0. The number of unbranched alkanes of at least 4 members (excludes halogenated alkanes) is 1. The molecule has 0 unspecified atom stereocenters. The van der Waals surface area contributed by atoms with Crippen LogP contribution in [-0.2, 0) is 4.84 Å². The molecule has 0 amide bonds. The van der Waals surface area contributed by atoms with E-state index < -0.39 is 0 Å². The Morgan fingerprint density at radius 3 is 3.11 bits per heavy atom. The highest BCUT2D eigenvalue weighted by atomic mass is 16.6. The average Bonchev–Trinajstić information content (AvgIpc) is 2.34. The van der Waals surface area contributed by atoms with Crippen LogP contribution in [0.1, 0.15) is 32.6 Å². The molecule has 0 aromatic rings. The largest absolute Gasteiger partial charge is 0.395 e. The summed E-state index contributed by atoms with van der Waals surface area (Å²) in [5.74, 6) is 0. The Labute approximate surface area is 55.9 Å². The van der Waals surface area contributed by atoms with Crippen molar-refractivity contribution in [3.63, 3.8) is 0 Å². The molecule has 2 heteroatoms. The Morgan fingerprint density at radius 1 is 1.67 bits per heavy atom. The zero-order valence-electron chi connectivity index (χ0n) is 5.89. The third-order valence-electron chi connectivity index (χ3n) is 1.49. The average molecular weight is 127 g/mol.